The number of methoxy groups -OCH3 is 1. The molecule has 0 aliphatic carbocycles. The molecule has 0 amide bonds. The Labute approximate surface area is 215 Å². The Bertz CT molecular complexity index is 1530. The van der Waals surface area contributed by atoms with Crippen LogP contribution in [0.2, 0.25) is 0 Å². The number of thioether (sulfide) groups is 1. The second kappa shape index (κ2) is 10.8. The molecule has 5 rings (SSSR count). The summed E-state index contributed by atoms with van der Waals surface area (Å²) < 4.78 is 8.49. The van der Waals surface area contributed by atoms with Crippen molar-refractivity contribution < 1.29 is 9.66 Å². The largest absolute Gasteiger partial charge is 0.497 e. The zero-order valence-corrected chi connectivity index (χ0v) is 20.4. The molecule has 2 heterocycles. The molecule has 0 N–H and O–H groups in total. The summed E-state index contributed by atoms with van der Waals surface area (Å²) in [4.78, 5) is 10.4. The van der Waals surface area contributed by atoms with Gasteiger partial charge in [0.2, 0.25) is 5.16 Å². The van der Waals surface area contributed by atoms with Gasteiger partial charge in [0.1, 0.15) is 5.75 Å². The molecule has 11 nitrogen and oxygen atoms in total. The number of rotatable bonds is 9. The average Bonchev–Trinajstić information content (AvgIpc) is 3.58. The van der Waals surface area contributed by atoms with Gasteiger partial charge in [-0.1, -0.05) is 47.3 Å². The number of non-ortho nitro benzene ring substituents is 1. The molecule has 5 aromatic rings. The number of nitro groups is 1. The van der Waals surface area contributed by atoms with Crippen LogP contribution < -0.4 is 4.74 Å². The van der Waals surface area contributed by atoms with Gasteiger partial charge >= 0.3 is 0 Å². The highest BCUT2D eigenvalue weighted by molar-refractivity contribution is 7.98. The first-order chi connectivity index (χ1) is 18.1. The van der Waals surface area contributed by atoms with Gasteiger partial charge in [0.25, 0.3) is 5.69 Å². The van der Waals surface area contributed by atoms with Crippen LogP contribution in [0.1, 0.15) is 11.3 Å². The maximum atomic E-state index is 10.9. The second-order valence-electron chi connectivity index (χ2n) is 7.72. The van der Waals surface area contributed by atoms with Crippen LogP contribution in [0.4, 0.5) is 5.69 Å². The fraction of sp³-hybridized carbons (Fsp3) is 0.0800. The van der Waals surface area contributed by atoms with Crippen molar-refractivity contribution in [3.05, 3.63) is 106 Å². The van der Waals surface area contributed by atoms with Gasteiger partial charge in [0.05, 0.1) is 35.8 Å². The van der Waals surface area contributed by atoms with Gasteiger partial charge < -0.3 is 4.74 Å². The average molecular weight is 513 g/mol. The third kappa shape index (κ3) is 5.54. The molecule has 37 heavy (non-hydrogen) atoms. The fourth-order valence-corrected chi connectivity index (χ4v) is 4.16. The van der Waals surface area contributed by atoms with Gasteiger partial charge in [-0.05, 0) is 42.0 Å². The number of aromatic nitrogens is 6. The summed E-state index contributed by atoms with van der Waals surface area (Å²) >= 11 is 1.42. The number of nitrogens with zero attached hydrogens (tertiary/aromatic N) is 8. The van der Waals surface area contributed by atoms with E-state index in [1.54, 1.807) is 41.0 Å². The van der Waals surface area contributed by atoms with Crippen LogP contribution in [-0.4, -0.2) is 48.1 Å². The van der Waals surface area contributed by atoms with E-state index in [9.17, 15) is 10.1 Å². The van der Waals surface area contributed by atoms with E-state index >= 15 is 0 Å². The van der Waals surface area contributed by atoms with Crippen LogP contribution >= 0.6 is 11.8 Å². The highest BCUT2D eigenvalue weighted by Crippen LogP contribution is 2.26. The quantitative estimate of drug-likeness (QED) is 0.121. The number of benzene rings is 3. The molecule has 0 radical (unpaired) electrons. The molecule has 0 saturated carbocycles. The standard InChI is InChI=1S/C25H20N8O3S/c1-36-23-13-7-18(8-14-23)15-26-32-24(19-5-3-2-4-6-19)28-29-25(32)37-17-20-16-31(30-27-20)21-9-11-22(12-10-21)33(34)35/h2-16H,17H2,1H3/b26-15+. The molecule has 0 unspecified atom stereocenters. The second-order valence-corrected chi connectivity index (χ2v) is 8.66. The molecule has 0 bridgehead atoms. The summed E-state index contributed by atoms with van der Waals surface area (Å²) in [5.41, 5.74) is 3.18. The van der Waals surface area contributed by atoms with Crippen molar-refractivity contribution in [3.8, 4) is 22.8 Å². The van der Waals surface area contributed by atoms with Crippen molar-refractivity contribution in [2.75, 3.05) is 7.11 Å². The van der Waals surface area contributed by atoms with Crippen molar-refractivity contribution in [2.45, 2.75) is 10.9 Å². The molecular weight excluding hydrogens is 492 g/mol. The van der Waals surface area contributed by atoms with E-state index in [4.69, 9.17) is 4.74 Å². The lowest BCUT2D eigenvalue weighted by Crippen LogP contribution is -1.97. The topological polar surface area (TPSA) is 126 Å². The summed E-state index contributed by atoms with van der Waals surface area (Å²) in [7, 11) is 1.63. The van der Waals surface area contributed by atoms with Gasteiger partial charge in [0.15, 0.2) is 5.82 Å². The van der Waals surface area contributed by atoms with Crippen LogP contribution in [0.5, 0.6) is 5.75 Å². The van der Waals surface area contributed by atoms with Crippen LogP contribution in [0.15, 0.2) is 95.3 Å². The minimum Gasteiger partial charge on any atom is -0.497 e. The third-order valence-electron chi connectivity index (χ3n) is 5.30. The summed E-state index contributed by atoms with van der Waals surface area (Å²) in [6.45, 7) is 0. The molecule has 3 aromatic carbocycles. The minimum absolute atomic E-state index is 0.0170. The highest BCUT2D eigenvalue weighted by atomic mass is 32.2. The Kier molecular flexibility index (Phi) is 6.99. The SMILES string of the molecule is COc1ccc(/C=N/n2c(SCc3cn(-c4ccc([N+](=O)[O-])cc4)nn3)nnc2-c2ccccc2)cc1. The van der Waals surface area contributed by atoms with Crippen molar-refractivity contribution in [2.24, 2.45) is 5.10 Å². The Morgan fingerprint density at radius 1 is 1.00 bits per heavy atom. The van der Waals surface area contributed by atoms with E-state index in [2.05, 4.69) is 25.6 Å². The fourth-order valence-electron chi connectivity index (χ4n) is 3.40. The molecule has 12 heteroatoms. The minimum atomic E-state index is -0.440. The number of hydrogen-bond donors (Lipinski definition) is 0. The predicted octanol–water partition coefficient (Wildman–Crippen LogP) is 4.62. The lowest BCUT2D eigenvalue weighted by atomic mass is 10.2. The number of nitro benzene ring substituents is 1. The number of hydrogen-bond acceptors (Lipinski definition) is 9. The smallest absolute Gasteiger partial charge is 0.269 e. The van der Waals surface area contributed by atoms with Gasteiger partial charge in [-0.25, -0.2) is 4.68 Å². The first-order valence-corrected chi connectivity index (χ1v) is 12.1. The molecule has 0 spiro atoms. The summed E-state index contributed by atoms with van der Waals surface area (Å²) in [5, 5.41) is 33.2. The Hall–Kier alpha value is -4.84. The first-order valence-electron chi connectivity index (χ1n) is 11.1. The van der Waals surface area contributed by atoms with Crippen molar-refractivity contribution in [3.63, 3.8) is 0 Å². The van der Waals surface area contributed by atoms with Crippen LogP contribution in [-0.2, 0) is 5.75 Å². The van der Waals surface area contributed by atoms with Gasteiger partial charge in [-0.15, -0.1) is 15.3 Å². The molecule has 0 aliphatic rings. The van der Waals surface area contributed by atoms with Gasteiger partial charge in [-0.3, -0.25) is 10.1 Å². The molecule has 0 atom stereocenters. The maximum Gasteiger partial charge on any atom is 0.269 e. The normalized spacial score (nSPS) is 11.2. The van der Waals surface area contributed by atoms with Crippen LogP contribution in [0, 0.1) is 10.1 Å². The predicted molar refractivity (Wildman–Crippen MR) is 139 cm³/mol. The molecule has 2 aromatic heterocycles. The highest BCUT2D eigenvalue weighted by Gasteiger charge is 2.15. The molecule has 0 aliphatic heterocycles. The molecule has 184 valence electrons. The van der Waals surface area contributed by atoms with E-state index < -0.39 is 4.92 Å². The third-order valence-corrected chi connectivity index (χ3v) is 6.25. The van der Waals surface area contributed by atoms with Crippen molar-refractivity contribution in [1.82, 2.24) is 29.9 Å². The molecule has 0 fully saturated rings. The monoisotopic (exact) mass is 512 g/mol. The zero-order valence-electron chi connectivity index (χ0n) is 19.6. The zero-order chi connectivity index (χ0) is 25.6. The summed E-state index contributed by atoms with van der Waals surface area (Å²) in [6.07, 6.45) is 3.51. The van der Waals surface area contributed by atoms with E-state index in [-0.39, 0.29) is 5.69 Å². The lowest BCUT2D eigenvalue weighted by Gasteiger charge is -2.04. The first kappa shape index (κ1) is 23.9. The Morgan fingerprint density at radius 3 is 2.46 bits per heavy atom. The van der Waals surface area contributed by atoms with Crippen LogP contribution in [0.3, 0.4) is 0 Å². The summed E-state index contributed by atoms with van der Waals surface area (Å²) in [5.74, 6) is 1.85. The van der Waals surface area contributed by atoms with Gasteiger partial charge in [0, 0.05) is 23.4 Å². The van der Waals surface area contributed by atoms with E-state index in [0.717, 1.165) is 16.9 Å². The van der Waals surface area contributed by atoms with Crippen LogP contribution in [0.25, 0.3) is 17.1 Å². The Morgan fingerprint density at radius 2 is 1.76 bits per heavy atom. The maximum absolute atomic E-state index is 10.9. The van der Waals surface area contributed by atoms with E-state index in [1.165, 1.54) is 23.9 Å². The summed E-state index contributed by atoms with van der Waals surface area (Å²) in [6, 6.07) is 23.4. The Balaban J connectivity index is 1.37. The van der Waals surface area contributed by atoms with Crippen molar-refractivity contribution >= 4 is 23.7 Å². The van der Waals surface area contributed by atoms with E-state index in [0.29, 0.717) is 28.1 Å². The number of ether oxygens (including phenoxy) is 1. The molecule has 0 saturated heterocycles. The van der Waals surface area contributed by atoms with Crippen molar-refractivity contribution in [1.29, 1.82) is 0 Å². The van der Waals surface area contributed by atoms with Gasteiger partial charge in [-0.2, -0.15) is 9.78 Å². The van der Waals surface area contributed by atoms with E-state index in [1.807, 2.05) is 54.6 Å². The molecular formula is C25H20N8O3S. The lowest BCUT2D eigenvalue weighted by molar-refractivity contribution is -0.384.